The third-order valence-corrected chi connectivity index (χ3v) is 4.36. The maximum absolute atomic E-state index is 5.79. The molecule has 1 fully saturated rings. The molecule has 0 saturated carbocycles. The second-order valence-corrected chi connectivity index (χ2v) is 6.27. The Kier molecular flexibility index (Phi) is 5.62. The highest BCUT2D eigenvalue weighted by atomic mass is 16.5. The van der Waals surface area contributed by atoms with Gasteiger partial charge in [0.15, 0.2) is 0 Å². The molecule has 1 aliphatic rings. The summed E-state index contributed by atoms with van der Waals surface area (Å²) >= 11 is 0. The predicted molar refractivity (Wildman–Crippen MR) is 85.3 cm³/mol. The largest absolute Gasteiger partial charge is 0.378 e. The molecular weight excluding hydrogens is 246 g/mol. The highest BCUT2D eigenvalue weighted by Gasteiger charge is 2.15. The molecule has 2 unspecified atom stereocenters. The van der Waals surface area contributed by atoms with Crippen molar-refractivity contribution in [2.75, 3.05) is 13.2 Å². The van der Waals surface area contributed by atoms with E-state index in [-0.39, 0.29) is 0 Å². The van der Waals surface area contributed by atoms with Gasteiger partial charge < -0.3 is 10.1 Å². The van der Waals surface area contributed by atoms with Crippen molar-refractivity contribution in [3.8, 4) is 0 Å². The van der Waals surface area contributed by atoms with E-state index in [0.29, 0.717) is 12.1 Å². The van der Waals surface area contributed by atoms with E-state index in [1.807, 2.05) is 0 Å². The SMILES string of the molecule is Cc1cc(C)c(C(C)NCCC2CCCCO2)c(C)c1. The summed E-state index contributed by atoms with van der Waals surface area (Å²) in [5.74, 6) is 0. The number of ether oxygens (including phenoxy) is 1. The summed E-state index contributed by atoms with van der Waals surface area (Å²) in [6, 6.07) is 4.98. The lowest BCUT2D eigenvalue weighted by molar-refractivity contribution is 0.0112. The molecule has 1 heterocycles. The molecule has 0 amide bonds. The van der Waals surface area contributed by atoms with Gasteiger partial charge in [-0.3, -0.25) is 0 Å². The van der Waals surface area contributed by atoms with E-state index in [2.05, 4.69) is 45.1 Å². The second-order valence-electron chi connectivity index (χ2n) is 6.27. The summed E-state index contributed by atoms with van der Waals surface area (Å²) in [6.07, 6.45) is 5.41. The molecular formula is C18H29NO. The lowest BCUT2D eigenvalue weighted by atomic mass is 9.95. The zero-order valence-corrected chi connectivity index (χ0v) is 13.5. The van der Waals surface area contributed by atoms with Gasteiger partial charge in [-0.2, -0.15) is 0 Å². The van der Waals surface area contributed by atoms with Crippen LogP contribution in [-0.4, -0.2) is 19.3 Å². The van der Waals surface area contributed by atoms with Crippen molar-refractivity contribution in [2.45, 2.75) is 65.5 Å². The van der Waals surface area contributed by atoms with Crippen molar-refractivity contribution in [3.05, 3.63) is 34.4 Å². The molecule has 20 heavy (non-hydrogen) atoms. The minimum atomic E-state index is 0.416. The van der Waals surface area contributed by atoms with Gasteiger partial charge in [0.25, 0.3) is 0 Å². The molecule has 0 radical (unpaired) electrons. The van der Waals surface area contributed by atoms with Gasteiger partial charge in [-0.1, -0.05) is 17.7 Å². The zero-order chi connectivity index (χ0) is 14.5. The van der Waals surface area contributed by atoms with Crippen LogP contribution in [0.3, 0.4) is 0 Å². The van der Waals surface area contributed by atoms with Crippen molar-refractivity contribution in [3.63, 3.8) is 0 Å². The fourth-order valence-corrected chi connectivity index (χ4v) is 3.47. The fourth-order valence-electron chi connectivity index (χ4n) is 3.47. The van der Waals surface area contributed by atoms with E-state index in [4.69, 9.17) is 4.74 Å². The van der Waals surface area contributed by atoms with Crippen LogP contribution < -0.4 is 5.32 Å². The Morgan fingerprint density at radius 3 is 2.50 bits per heavy atom. The van der Waals surface area contributed by atoms with Gasteiger partial charge in [-0.25, -0.2) is 0 Å². The van der Waals surface area contributed by atoms with Gasteiger partial charge >= 0.3 is 0 Å². The molecule has 112 valence electrons. The zero-order valence-electron chi connectivity index (χ0n) is 13.5. The molecule has 1 aromatic rings. The highest BCUT2D eigenvalue weighted by molar-refractivity contribution is 5.39. The van der Waals surface area contributed by atoms with Crippen molar-refractivity contribution in [2.24, 2.45) is 0 Å². The minimum absolute atomic E-state index is 0.416. The lowest BCUT2D eigenvalue weighted by Crippen LogP contribution is -2.27. The van der Waals surface area contributed by atoms with Crippen LogP contribution in [-0.2, 0) is 4.74 Å². The molecule has 0 spiro atoms. The standard InChI is InChI=1S/C18H29NO/c1-13-11-14(2)18(15(3)12-13)16(4)19-9-8-17-7-5-6-10-20-17/h11-12,16-17,19H,5-10H2,1-4H3. The van der Waals surface area contributed by atoms with Gasteiger partial charge in [0.05, 0.1) is 6.10 Å². The number of nitrogens with one attached hydrogen (secondary N) is 1. The number of rotatable bonds is 5. The Bertz CT molecular complexity index is 412. The maximum Gasteiger partial charge on any atom is 0.0587 e. The molecule has 0 aliphatic carbocycles. The summed E-state index contributed by atoms with van der Waals surface area (Å²) in [7, 11) is 0. The third kappa shape index (κ3) is 4.07. The Morgan fingerprint density at radius 1 is 1.20 bits per heavy atom. The predicted octanol–water partition coefficient (Wildman–Crippen LogP) is 4.22. The average molecular weight is 275 g/mol. The molecule has 1 saturated heterocycles. The van der Waals surface area contributed by atoms with Gasteiger partial charge in [-0.05, 0) is 76.6 Å². The number of benzene rings is 1. The maximum atomic E-state index is 5.79. The summed E-state index contributed by atoms with van der Waals surface area (Å²) in [4.78, 5) is 0. The van der Waals surface area contributed by atoms with Crippen LogP contribution in [0.2, 0.25) is 0 Å². The van der Waals surface area contributed by atoms with E-state index >= 15 is 0 Å². The molecule has 1 aliphatic heterocycles. The summed E-state index contributed by atoms with van der Waals surface area (Å²) < 4.78 is 5.79. The first-order valence-corrected chi connectivity index (χ1v) is 8.00. The monoisotopic (exact) mass is 275 g/mol. The number of aryl methyl sites for hydroxylation is 3. The van der Waals surface area contributed by atoms with E-state index in [0.717, 1.165) is 19.6 Å². The van der Waals surface area contributed by atoms with Crippen molar-refractivity contribution < 1.29 is 4.74 Å². The van der Waals surface area contributed by atoms with Crippen LogP contribution in [0.5, 0.6) is 0 Å². The van der Waals surface area contributed by atoms with Gasteiger partial charge in [-0.15, -0.1) is 0 Å². The molecule has 0 aromatic heterocycles. The second kappa shape index (κ2) is 7.24. The number of hydrogen-bond acceptors (Lipinski definition) is 2. The van der Waals surface area contributed by atoms with E-state index in [9.17, 15) is 0 Å². The van der Waals surface area contributed by atoms with Gasteiger partial charge in [0, 0.05) is 12.6 Å². The summed E-state index contributed by atoms with van der Waals surface area (Å²) in [5, 5.41) is 3.67. The molecule has 2 nitrogen and oxygen atoms in total. The topological polar surface area (TPSA) is 21.3 Å². The van der Waals surface area contributed by atoms with Crippen LogP contribution >= 0.6 is 0 Å². The number of hydrogen-bond donors (Lipinski definition) is 1. The van der Waals surface area contributed by atoms with Crippen LogP contribution in [0.1, 0.15) is 60.9 Å². The molecule has 1 aromatic carbocycles. The highest BCUT2D eigenvalue weighted by Crippen LogP contribution is 2.23. The van der Waals surface area contributed by atoms with Gasteiger partial charge in [0.1, 0.15) is 0 Å². The minimum Gasteiger partial charge on any atom is -0.378 e. The van der Waals surface area contributed by atoms with Crippen molar-refractivity contribution in [1.29, 1.82) is 0 Å². The average Bonchev–Trinajstić information content (AvgIpc) is 2.38. The van der Waals surface area contributed by atoms with Gasteiger partial charge in [0.2, 0.25) is 0 Å². The van der Waals surface area contributed by atoms with Crippen LogP contribution in [0.15, 0.2) is 12.1 Å². The van der Waals surface area contributed by atoms with E-state index in [1.54, 1.807) is 0 Å². The normalized spacial score (nSPS) is 20.9. The van der Waals surface area contributed by atoms with Crippen molar-refractivity contribution in [1.82, 2.24) is 5.32 Å². The third-order valence-electron chi connectivity index (χ3n) is 4.36. The fraction of sp³-hybridized carbons (Fsp3) is 0.667. The Labute approximate surface area is 123 Å². The van der Waals surface area contributed by atoms with Crippen molar-refractivity contribution >= 4 is 0 Å². The van der Waals surface area contributed by atoms with E-state index < -0.39 is 0 Å². The van der Waals surface area contributed by atoms with Crippen LogP contribution in [0, 0.1) is 20.8 Å². The Balaban J connectivity index is 1.86. The molecule has 1 N–H and O–H groups in total. The molecule has 2 heteroatoms. The summed E-state index contributed by atoms with van der Waals surface area (Å²) in [5.41, 5.74) is 5.61. The van der Waals surface area contributed by atoms with Crippen LogP contribution in [0.4, 0.5) is 0 Å². The summed E-state index contributed by atoms with van der Waals surface area (Å²) in [6.45, 7) is 10.9. The lowest BCUT2D eigenvalue weighted by Gasteiger charge is -2.24. The van der Waals surface area contributed by atoms with Crippen LogP contribution in [0.25, 0.3) is 0 Å². The molecule has 2 atom stereocenters. The smallest absolute Gasteiger partial charge is 0.0587 e. The first kappa shape index (κ1) is 15.5. The first-order valence-electron chi connectivity index (χ1n) is 8.00. The van der Waals surface area contributed by atoms with E-state index in [1.165, 1.54) is 41.5 Å². The molecule has 0 bridgehead atoms. The Hall–Kier alpha value is -0.860. The molecule has 2 rings (SSSR count). The first-order chi connectivity index (χ1) is 9.58. The quantitative estimate of drug-likeness (QED) is 0.868. The Morgan fingerprint density at radius 2 is 1.90 bits per heavy atom.